The largest absolute Gasteiger partial charge is 1.00 e. The van der Waals surface area contributed by atoms with Crippen molar-refractivity contribution in [2.45, 2.75) is 0 Å². The maximum absolute atomic E-state index is 9.98. The number of benzene rings is 1. The normalized spacial score (nSPS) is 9.11. The van der Waals surface area contributed by atoms with Gasteiger partial charge in [0.1, 0.15) is 0 Å². The molecule has 3 heteroatoms. The van der Waals surface area contributed by atoms with Crippen molar-refractivity contribution < 1.29 is 39.5 Å². The second-order valence-corrected chi connectivity index (χ2v) is 2.92. The molecule has 2 nitrogen and oxygen atoms in total. The van der Waals surface area contributed by atoms with Gasteiger partial charge in [0.2, 0.25) is 0 Å². The molecular weight excluding hydrogens is 235 g/mol. The second kappa shape index (κ2) is 13.7. The van der Waals surface area contributed by atoms with Gasteiger partial charge in [0.15, 0.2) is 0 Å². The summed E-state index contributed by atoms with van der Waals surface area (Å²) in [6, 6.07) is 9.63. The quantitative estimate of drug-likeness (QED) is 0.405. The van der Waals surface area contributed by atoms with Gasteiger partial charge in [-0.05, 0) is 11.6 Å². The van der Waals surface area contributed by atoms with Gasteiger partial charge in [-0.15, -0.1) is 0 Å². The van der Waals surface area contributed by atoms with Gasteiger partial charge in [-0.25, -0.2) is 0 Å². The van der Waals surface area contributed by atoms with Gasteiger partial charge >= 0.3 is 29.6 Å². The van der Waals surface area contributed by atoms with Crippen molar-refractivity contribution in [1.82, 2.24) is 0 Å². The Bertz CT molecular complexity index is 400. The van der Waals surface area contributed by atoms with E-state index in [2.05, 4.69) is 13.2 Å². The van der Waals surface area contributed by atoms with Crippen molar-refractivity contribution in [3.63, 3.8) is 0 Å². The van der Waals surface area contributed by atoms with Gasteiger partial charge in [-0.2, -0.15) is 0 Å². The Morgan fingerprint density at radius 1 is 1.06 bits per heavy atom. The van der Waals surface area contributed by atoms with Gasteiger partial charge in [0, 0.05) is 0 Å². The Balaban J connectivity index is 0. The summed E-state index contributed by atoms with van der Waals surface area (Å²) in [5, 5.41) is 9.98. The minimum atomic E-state index is -1.18. The van der Waals surface area contributed by atoms with Crippen molar-refractivity contribution in [1.29, 1.82) is 0 Å². The minimum absolute atomic E-state index is 0. The number of carboxylic acids is 1. The summed E-state index contributed by atoms with van der Waals surface area (Å²) in [6.07, 6.45) is 9.17. The summed E-state index contributed by atoms with van der Waals surface area (Å²) >= 11 is 0. The first kappa shape index (κ1) is 19.0. The van der Waals surface area contributed by atoms with Gasteiger partial charge in [0.25, 0.3) is 0 Å². The van der Waals surface area contributed by atoms with Crippen molar-refractivity contribution in [3.8, 4) is 0 Å². The van der Waals surface area contributed by atoms with Crippen LogP contribution in [0.25, 0.3) is 6.08 Å². The van der Waals surface area contributed by atoms with E-state index in [0.29, 0.717) is 0 Å². The van der Waals surface area contributed by atoms with E-state index in [-0.39, 0.29) is 29.6 Å². The zero-order valence-electron chi connectivity index (χ0n) is 10.6. The molecule has 1 aromatic carbocycles. The molecule has 0 heterocycles. The number of carbonyl (C=O) groups excluding carboxylic acids is 1. The third-order valence-corrected chi connectivity index (χ3v) is 1.60. The zero-order valence-corrected chi connectivity index (χ0v) is 12.6. The SMILES string of the molecule is C=CC=C.O=C([O-])C=CC=Cc1ccccc1.[Na+]. The van der Waals surface area contributed by atoms with E-state index < -0.39 is 5.97 Å². The van der Waals surface area contributed by atoms with Crippen LogP contribution in [-0.2, 0) is 4.79 Å². The maximum Gasteiger partial charge on any atom is 1.00 e. The van der Waals surface area contributed by atoms with Gasteiger partial charge in [0.05, 0.1) is 5.97 Å². The molecular formula is C15H15NaO2. The molecule has 0 radical (unpaired) electrons. The Kier molecular flexibility index (Phi) is 14.5. The summed E-state index contributed by atoms with van der Waals surface area (Å²) in [5.74, 6) is -1.18. The number of carbonyl (C=O) groups is 1. The number of allylic oxidation sites excluding steroid dienone is 4. The summed E-state index contributed by atoms with van der Waals surface area (Å²) in [6.45, 7) is 6.72. The average Bonchev–Trinajstić information content (AvgIpc) is 2.36. The molecule has 88 valence electrons. The van der Waals surface area contributed by atoms with E-state index in [0.717, 1.165) is 11.6 Å². The molecule has 0 bridgehead atoms. The maximum atomic E-state index is 9.98. The molecule has 0 aliphatic heterocycles. The molecule has 0 saturated heterocycles. The molecule has 0 spiro atoms. The van der Waals surface area contributed by atoms with Crippen molar-refractivity contribution in [2.24, 2.45) is 0 Å². The Hall–Kier alpha value is -1.35. The molecule has 0 aromatic heterocycles. The Morgan fingerprint density at radius 2 is 1.61 bits per heavy atom. The van der Waals surface area contributed by atoms with E-state index in [1.165, 1.54) is 6.08 Å². The first-order valence-corrected chi connectivity index (χ1v) is 5.05. The number of rotatable bonds is 4. The average molecular weight is 250 g/mol. The van der Waals surface area contributed by atoms with Crippen LogP contribution in [-0.4, -0.2) is 5.97 Å². The topological polar surface area (TPSA) is 40.1 Å². The molecule has 0 saturated carbocycles. The van der Waals surface area contributed by atoms with Gasteiger partial charge < -0.3 is 9.90 Å². The minimum Gasteiger partial charge on any atom is -0.545 e. The predicted molar refractivity (Wildman–Crippen MR) is 70.0 cm³/mol. The molecule has 0 aliphatic carbocycles. The first-order chi connectivity index (χ1) is 8.20. The van der Waals surface area contributed by atoms with E-state index in [1.54, 1.807) is 18.2 Å². The molecule has 0 atom stereocenters. The second-order valence-electron chi connectivity index (χ2n) is 2.92. The van der Waals surface area contributed by atoms with E-state index >= 15 is 0 Å². The van der Waals surface area contributed by atoms with E-state index in [9.17, 15) is 9.90 Å². The summed E-state index contributed by atoms with van der Waals surface area (Å²) in [7, 11) is 0. The van der Waals surface area contributed by atoms with Crippen LogP contribution in [0.15, 0.2) is 73.9 Å². The zero-order chi connectivity index (χ0) is 12.9. The monoisotopic (exact) mass is 250 g/mol. The number of hydrogen-bond acceptors (Lipinski definition) is 2. The third kappa shape index (κ3) is 12.7. The predicted octanol–water partition coefficient (Wildman–Crippen LogP) is -0.632. The first-order valence-electron chi connectivity index (χ1n) is 5.05. The van der Waals surface area contributed by atoms with E-state index in [4.69, 9.17) is 0 Å². The number of aliphatic carboxylic acids is 1. The van der Waals surface area contributed by atoms with Crippen LogP contribution in [0, 0.1) is 0 Å². The molecule has 0 aliphatic rings. The third-order valence-electron chi connectivity index (χ3n) is 1.60. The summed E-state index contributed by atoms with van der Waals surface area (Å²) in [5.41, 5.74) is 1.03. The fraction of sp³-hybridized carbons (Fsp3) is 0. The molecule has 0 fully saturated rings. The number of carboxylic acid groups (broad SMARTS) is 1. The van der Waals surface area contributed by atoms with Crippen LogP contribution in [0.3, 0.4) is 0 Å². The fourth-order valence-electron chi connectivity index (χ4n) is 0.865. The van der Waals surface area contributed by atoms with Crippen LogP contribution < -0.4 is 34.7 Å². The molecule has 0 N–H and O–H groups in total. The molecule has 1 rings (SSSR count). The van der Waals surface area contributed by atoms with Gasteiger partial charge in [-0.3, -0.25) is 0 Å². The van der Waals surface area contributed by atoms with Crippen LogP contribution in [0.1, 0.15) is 5.56 Å². The van der Waals surface area contributed by atoms with Crippen LogP contribution in [0.2, 0.25) is 0 Å². The van der Waals surface area contributed by atoms with Crippen LogP contribution >= 0.6 is 0 Å². The molecule has 0 amide bonds. The van der Waals surface area contributed by atoms with Crippen molar-refractivity contribution in [2.75, 3.05) is 0 Å². The van der Waals surface area contributed by atoms with E-state index in [1.807, 2.05) is 36.4 Å². The van der Waals surface area contributed by atoms with Crippen molar-refractivity contribution >= 4 is 12.0 Å². The molecule has 18 heavy (non-hydrogen) atoms. The Labute approximate surface area is 130 Å². The van der Waals surface area contributed by atoms with Crippen LogP contribution in [0.4, 0.5) is 0 Å². The summed E-state index contributed by atoms with van der Waals surface area (Å²) in [4.78, 5) is 9.98. The Morgan fingerprint density at radius 3 is 2.06 bits per heavy atom. The number of hydrogen-bond donors (Lipinski definition) is 0. The van der Waals surface area contributed by atoms with Gasteiger partial charge in [-0.1, -0.05) is 73.9 Å². The summed E-state index contributed by atoms with van der Waals surface area (Å²) < 4.78 is 0. The fourth-order valence-corrected chi connectivity index (χ4v) is 0.865. The molecule has 0 unspecified atom stereocenters. The van der Waals surface area contributed by atoms with Crippen molar-refractivity contribution in [3.05, 3.63) is 79.4 Å². The standard InChI is InChI=1S/C11H10O2.C4H6.Na/c12-11(13)9-5-4-8-10-6-2-1-3-7-10;1-3-4-2;/h1-9H,(H,12,13);3-4H,1-2H2;/q;;+1/p-1. The van der Waals surface area contributed by atoms with Crippen LogP contribution in [0.5, 0.6) is 0 Å². The molecule has 1 aromatic rings. The smallest absolute Gasteiger partial charge is 0.545 e.